The van der Waals surface area contributed by atoms with Gasteiger partial charge in [0.1, 0.15) is 40.9 Å². The number of carbonyl (C=O) groups is 4. The number of alkyl halides is 1. The number of carbonyl (C=O) groups excluding carboxylic acids is 4. The Balaban J connectivity index is 1.10. The van der Waals surface area contributed by atoms with E-state index < -0.39 is 80.1 Å². The summed E-state index contributed by atoms with van der Waals surface area (Å²) in [6.07, 6.45) is 6.48. The van der Waals surface area contributed by atoms with Gasteiger partial charge in [-0.05, 0) is 83.4 Å². The fourth-order valence-electron chi connectivity index (χ4n) is 9.30. The lowest BCUT2D eigenvalue weighted by atomic mass is 9.85. The van der Waals surface area contributed by atoms with Gasteiger partial charge in [-0.25, -0.2) is 26.9 Å². The average molecular weight is 794 g/mol. The van der Waals surface area contributed by atoms with Crippen LogP contribution in [0.1, 0.15) is 114 Å². The summed E-state index contributed by atoms with van der Waals surface area (Å²) in [7, 11) is -2.25. The van der Waals surface area contributed by atoms with E-state index in [1.165, 1.54) is 12.0 Å². The van der Waals surface area contributed by atoms with Crippen molar-refractivity contribution in [2.24, 2.45) is 5.92 Å². The molecule has 14 nitrogen and oxygen atoms in total. The molecule has 0 radical (unpaired) electrons. The van der Waals surface area contributed by atoms with Crippen molar-refractivity contribution in [1.29, 1.82) is 0 Å². The molecule has 0 bridgehead atoms. The van der Waals surface area contributed by atoms with Gasteiger partial charge in [0, 0.05) is 35.6 Å². The summed E-state index contributed by atoms with van der Waals surface area (Å²) in [5.41, 5.74) is -1.25. The Labute approximate surface area is 324 Å². The number of fused-ring (bicyclic) bond motifs is 5. The minimum absolute atomic E-state index is 0.0733. The molecule has 5 fully saturated rings. The lowest BCUT2D eigenvalue weighted by Gasteiger charge is -2.38. The molecule has 4 aliphatic heterocycles. The monoisotopic (exact) mass is 793 g/mol. The Morgan fingerprint density at radius 1 is 1.09 bits per heavy atom. The van der Waals surface area contributed by atoms with Crippen LogP contribution >= 0.6 is 0 Å². The summed E-state index contributed by atoms with van der Waals surface area (Å²) in [6, 6.07) is 3.03. The quantitative estimate of drug-likeness (QED) is 0.316. The van der Waals surface area contributed by atoms with Gasteiger partial charge in [-0.2, -0.15) is 0 Å². The molecule has 2 saturated heterocycles. The minimum atomic E-state index is -3.79. The SMILES string of the molecule is COc1ccc2nc(C3CC3)c3c(c2c1)C(F)CC1(CC2C(=O)NC4(C(=O)N5C6(CC6)S5(=O)=O)CC4C=CCCCCCC(NC(=O)OC(C)C)C(=O)N2C1)O3. The van der Waals surface area contributed by atoms with Gasteiger partial charge in [0.05, 0.1) is 31.0 Å². The topological polar surface area (TPSA) is 173 Å². The minimum Gasteiger partial charge on any atom is -0.497 e. The van der Waals surface area contributed by atoms with Gasteiger partial charge in [0.25, 0.3) is 15.9 Å². The number of hydrogen-bond acceptors (Lipinski definition) is 10. The van der Waals surface area contributed by atoms with Crippen LogP contribution in [0.25, 0.3) is 10.9 Å². The van der Waals surface area contributed by atoms with Gasteiger partial charge < -0.3 is 29.7 Å². The molecule has 6 atom stereocenters. The van der Waals surface area contributed by atoms with E-state index in [0.29, 0.717) is 59.3 Å². The number of hydrogen-bond donors (Lipinski definition) is 2. The molecule has 3 aliphatic carbocycles. The first-order valence-corrected chi connectivity index (χ1v) is 21.4. The van der Waals surface area contributed by atoms with Crippen molar-refractivity contribution in [3.8, 4) is 11.5 Å². The highest BCUT2D eigenvalue weighted by Gasteiger charge is 2.83. The van der Waals surface area contributed by atoms with Gasteiger partial charge in [-0.3, -0.25) is 14.4 Å². The first-order valence-electron chi connectivity index (χ1n) is 19.9. The first-order chi connectivity index (χ1) is 26.7. The number of methoxy groups -OCH3 is 1. The first kappa shape index (κ1) is 37.1. The third kappa shape index (κ3) is 5.99. The van der Waals surface area contributed by atoms with Gasteiger partial charge in [0.15, 0.2) is 4.87 Å². The molecule has 2 aromatic rings. The smallest absolute Gasteiger partial charge is 0.408 e. The number of benzene rings is 1. The highest BCUT2D eigenvalue weighted by atomic mass is 32.2. The molecule has 2 spiro atoms. The number of rotatable bonds is 5. The van der Waals surface area contributed by atoms with Crippen molar-refractivity contribution in [1.82, 2.24) is 24.8 Å². The van der Waals surface area contributed by atoms with Gasteiger partial charge in [-0.1, -0.05) is 25.0 Å². The van der Waals surface area contributed by atoms with Crippen LogP contribution in [0.2, 0.25) is 0 Å². The third-order valence-corrected chi connectivity index (χ3v) is 15.0. The summed E-state index contributed by atoms with van der Waals surface area (Å²) in [4.78, 5) is 61.7. The van der Waals surface area contributed by atoms with E-state index in [9.17, 15) is 27.6 Å². The average Bonchev–Trinajstić information content (AvgIpc) is 4.03. The van der Waals surface area contributed by atoms with Crippen molar-refractivity contribution >= 4 is 44.7 Å². The third-order valence-electron chi connectivity index (χ3n) is 12.7. The Bertz CT molecular complexity index is 2170. The molecule has 1 aromatic heterocycles. The van der Waals surface area contributed by atoms with Gasteiger partial charge >= 0.3 is 6.09 Å². The van der Waals surface area contributed by atoms with Crippen molar-refractivity contribution in [2.75, 3.05) is 13.7 Å². The maximum atomic E-state index is 17.0. The number of amides is 4. The van der Waals surface area contributed by atoms with E-state index in [1.807, 2.05) is 12.2 Å². The fraction of sp³-hybridized carbons (Fsp3) is 0.625. The van der Waals surface area contributed by atoms with E-state index >= 15 is 4.39 Å². The van der Waals surface area contributed by atoms with Crippen LogP contribution < -0.4 is 20.1 Å². The fourth-order valence-corrected chi connectivity index (χ4v) is 11.4. The molecule has 4 amide bonds. The van der Waals surface area contributed by atoms with E-state index in [0.717, 1.165) is 30.0 Å². The normalized spacial score (nSPS) is 32.7. The number of allylic oxidation sites excluding steroid dienone is 1. The summed E-state index contributed by atoms with van der Waals surface area (Å²) in [5.74, 6) is -1.41. The zero-order valence-electron chi connectivity index (χ0n) is 31.8. The predicted molar refractivity (Wildman–Crippen MR) is 200 cm³/mol. The number of nitrogens with one attached hydrogen (secondary N) is 2. The van der Waals surface area contributed by atoms with Crippen molar-refractivity contribution in [3.05, 3.63) is 41.6 Å². The maximum Gasteiger partial charge on any atom is 0.408 e. The second-order valence-electron chi connectivity index (χ2n) is 17.0. The number of alkyl carbamates (subject to hydrolysis) is 1. The number of nitrogens with zero attached hydrogens (tertiary/aromatic N) is 3. The van der Waals surface area contributed by atoms with Crippen LogP contribution in [0.15, 0.2) is 30.4 Å². The molecule has 56 heavy (non-hydrogen) atoms. The molecule has 9 rings (SSSR count). The van der Waals surface area contributed by atoms with Crippen LogP contribution in [0, 0.1) is 5.92 Å². The Morgan fingerprint density at radius 3 is 2.57 bits per heavy atom. The van der Waals surface area contributed by atoms with Crippen LogP contribution in [-0.2, 0) is 29.1 Å². The van der Waals surface area contributed by atoms with Gasteiger partial charge in [-0.15, -0.1) is 0 Å². The lowest BCUT2D eigenvalue weighted by Crippen LogP contribution is -2.57. The number of ether oxygens (including phenoxy) is 3. The summed E-state index contributed by atoms with van der Waals surface area (Å²) < 4.78 is 61.6. The van der Waals surface area contributed by atoms with E-state index in [-0.39, 0.29) is 38.1 Å². The second kappa shape index (κ2) is 13.0. The van der Waals surface area contributed by atoms with Crippen molar-refractivity contribution in [2.45, 2.75) is 137 Å². The Morgan fingerprint density at radius 2 is 1.88 bits per heavy atom. The maximum absolute atomic E-state index is 17.0. The second-order valence-corrected chi connectivity index (χ2v) is 19.1. The van der Waals surface area contributed by atoms with Crippen LogP contribution in [0.4, 0.5) is 9.18 Å². The lowest BCUT2D eigenvalue weighted by molar-refractivity contribution is -0.141. The zero-order valence-corrected chi connectivity index (χ0v) is 32.7. The largest absolute Gasteiger partial charge is 0.497 e. The molecule has 7 aliphatic rings. The van der Waals surface area contributed by atoms with Crippen LogP contribution in [0.5, 0.6) is 11.5 Å². The summed E-state index contributed by atoms with van der Waals surface area (Å²) in [6.45, 7) is 3.22. The molecule has 6 unspecified atom stereocenters. The van der Waals surface area contributed by atoms with Crippen LogP contribution in [-0.4, -0.2) is 94.3 Å². The van der Waals surface area contributed by atoms with Crippen molar-refractivity contribution < 1.29 is 46.2 Å². The van der Waals surface area contributed by atoms with E-state index in [4.69, 9.17) is 19.2 Å². The highest BCUT2D eigenvalue weighted by molar-refractivity contribution is 7.98. The Kier molecular flexibility index (Phi) is 8.64. The standard InChI is InChI=1S/C40H48FN5O9S/c1-22(2)54-37(50)43-29-10-8-6-4-5-7-9-24-18-40(24,36(49)46-39(15-16-39)56(46,51)52)44-34(47)30-20-38(21-45(30)35(29)48)19-27(41)31-26-17-25(53-3)13-14-28(26)42-32(23-11-12-23)33(31)55-38/h7,9,13-14,17,22-24,27,29-30H,4-6,8,10-12,15-16,18-21H2,1-3H3,(H,43,50)(H,44,47). The number of halogens is 1. The molecule has 3 saturated carbocycles. The molecule has 16 heteroatoms. The van der Waals surface area contributed by atoms with Gasteiger partial charge in [0.2, 0.25) is 11.8 Å². The van der Waals surface area contributed by atoms with E-state index in [2.05, 4.69) is 10.6 Å². The molecule has 2 N–H and O–H groups in total. The molecular formula is C40H48FN5O9S. The predicted octanol–water partition coefficient (Wildman–Crippen LogP) is 4.81. The van der Waals surface area contributed by atoms with Crippen LogP contribution in [0.3, 0.4) is 0 Å². The van der Waals surface area contributed by atoms with E-state index in [1.54, 1.807) is 32.0 Å². The molecular weight excluding hydrogens is 746 g/mol. The van der Waals surface area contributed by atoms with Crippen molar-refractivity contribution in [3.63, 3.8) is 0 Å². The number of sulfonamides is 1. The Hall–Kier alpha value is -4.47. The molecule has 1 aromatic carbocycles. The number of pyridine rings is 1. The highest BCUT2D eigenvalue weighted by Crippen LogP contribution is 2.65. The number of aromatic nitrogens is 1. The summed E-state index contributed by atoms with van der Waals surface area (Å²) >= 11 is 0. The summed E-state index contributed by atoms with van der Waals surface area (Å²) in [5, 5.41) is 6.23. The zero-order chi connectivity index (χ0) is 39.4. The molecule has 5 heterocycles. The molecule has 300 valence electrons.